The van der Waals surface area contributed by atoms with Crippen LogP contribution in [0.15, 0.2) is 85.5 Å². The molecule has 0 aliphatic carbocycles. The van der Waals surface area contributed by atoms with Crippen LogP contribution in [0.25, 0.3) is 28.3 Å². The summed E-state index contributed by atoms with van der Waals surface area (Å²) >= 11 is 0. The van der Waals surface area contributed by atoms with E-state index in [1.807, 2.05) is 60.8 Å². The van der Waals surface area contributed by atoms with Crippen LogP contribution in [-0.2, 0) is 17.8 Å². The van der Waals surface area contributed by atoms with Gasteiger partial charge in [-0.2, -0.15) is 0 Å². The lowest BCUT2D eigenvalue weighted by molar-refractivity contribution is -0.117. The first-order valence-electron chi connectivity index (χ1n) is 12.2. The molecule has 4 heterocycles. The molecular weight excluding hydrogens is 462 g/mol. The van der Waals surface area contributed by atoms with Gasteiger partial charge in [0.25, 0.3) is 0 Å². The van der Waals surface area contributed by atoms with E-state index < -0.39 is 0 Å². The van der Waals surface area contributed by atoms with Crippen molar-refractivity contribution in [1.82, 2.24) is 29.9 Å². The maximum Gasteiger partial charge on any atom is 0.233 e. The lowest BCUT2D eigenvalue weighted by Gasteiger charge is -2.18. The predicted molar refractivity (Wildman–Crippen MR) is 141 cm³/mol. The van der Waals surface area contributed by atoms with Crippen molar-refractivity contribution in [2.45, 2.75) is 32.7 Å². The number of aromatic nitrogens is 6. The van der Waals surface area contributed by atoms with Crippen LogP contribution in [0.3, 0.4) is 0 Å². The standard InChI is InChI=1S/C29H25N7O/c1-19(2)24-7-3-4-8-25(24)28-31-16-22-14-27(37)35(29(22)32-28)17-20-9-11-23(12-10-20)36-18-26(33-34-36)21-6-5-13-30-15-21/h3-13,15-16,18-19H,14,17H2,1-2H3. The van der Waals surface area contributed by atoms with E-state index in [0.29, 0.717) is 30.5 Å². The number of pyridine rings is 1. The van der Waals surface area contributed by atoms with Gasteiger partial charge in [0.05, 0.1) is 24.8 Å². The number of amides is 1. The SMILES string of the molecule is CC(C)c1ccccc1-c1ncc2c(n1)N(Cc1ccc(-n3cc(-c4cccnc4)nn3)cc1)C(=O)C2. The number of carbonyl (C=O) groups excluding carboxylic acids is 1. The molecule has 37 heavy (non-hydrogen) atoms. The van der Waals surface area contributed by atoms with Gasteiger partial charge in [0.2, 0.25) is 5.91 Å². The average Bonchev–Trinajstić information content (AvgIpc) is 3.54. The van der Waals surface area contributed by atoms with Crippen LogP contribution in [0, 0.1) is 0 Å². The monoisotopic (exact) mass is 487 g/mol. The van der Waals surface area contributed by atoms with E-state index in [-0.39, 0.29) is 5.91 Å². The maximum absolute atomic E-state index is 12.9. The van der Waals surface area contributed by atoms with Crippen LogP contribution in [0.4, 0.5) is 5.82 Å². The number of benzene rings is 2. The highest BCUT2D eigenvalue weighted by atomic mass is 16.2. The topological polar surface area (TPSA) is 89.7 Å². The molecule has 5 aromatic rings. The number of fused-ring (bicyclic) bond motifs is 1. The van der Waals surface area contributed by atoms with Crippen molar-refractivity contribution in [2.24, 2.45) is 0 Å². The van der Waals surface area contributed by atoms with Crippen molar-refractivity contribution >= 4 is 11.7 Å². The molecule has 8 nitrogen and oxygen atoms in total. The minimum Gasteiger partial charge on any atom is -0.292 e. The molecule has 1 aliphatic heterocycles. The fourth-order valence-electron chi connectivity index (χ4n) is 4.60. The second-order valence-electron chi connectivity index (χ2n) is 9.40. The molecule has 2 aromatic carbocycles. The molecule has 0 bridgehead atoms. The normalized spacial score (nSPS) is 12.8. The van der Waals surface area contributed by atoms with E-state index in [9.17, 15) is 4.79 Å². The minimum atomic E-state index is 0.0278. The molecule has 1 amide bonds. The summed E-state index contributed by atoms with van der Waals surface area (Å²) in [4.78, 5) is 28.3. The molecule has 1 aliphatic rings. The van der Waals surface area contributed by atoms with Crippen LogP contribution in [0.2, 0.25) is 0 Å². The Bertz CT molecular complexity index is 1580. The highest BCUT2D eigenvalue weighted by Crippen LogP contribution is 2.32. The lowest BCUT2D eigenvalue weighted by Crippen LogP contribution is -2.26. The van der Waals surface area contributed by atoms with Gasteiger partial charge in [0, 0.05) is 35.3 Å². The molecule has 8 heteroatoms. The van der Waals surface area contributed by atoms with Crippen molar-refractivity contribution < 1.29 is 4.79 Å². The van der Waals surface area contributed by atoms with Gasteiger partial charge in [-0.15, -0.1) is 5.10 Å². The van der Waals surface area contributed by atoms with E-state index >= 15 is 0 Å². The van der Waals surface area contributed by atoms with Crippen LogP contribution in [-0.4, -0.2) is 35.9 Å². The maximum atomic E-state index is 12.9. The Morgan fingerprint density at radius 3 is 2.59 bits per heavy atom. The Morgan fingerprint density at radius 2 is 1.81 bits per heavy atom. The number of hydrogen-bond acceptors (Lipinski definition) is 6. The average molecular weight is 488 g/mol. The third kappa shape index (κ3) is 4.38. The highest BCUT2D eigenvalue weighted by Gasteiger charge is 2.30. The first-order valence-corrected chi connectivity index (χ1v) is 12.2. The van der Waals surface area contributed by atoms with E-state index in [1.54, 1.807) is 28.2 Å². The largest absolute Gasteiger partial charge is 0.292 e. The predicted octanol–water partition coefficient (Wildman–Crippen LogP) is 5.00. The summed E-state index contributed by atoms with van der Waals surface area (Å²) in [6.45, 7) is 4.75. The summed E-state index contributed by atoms with van der Waals surface area (Å²) in [6.07, 6.45) is 7.47. The second kappa shape index (κ2) is 9.39. The van der Waals surface area contributed by atoms with Crippen molar-refractivity contribution in [1.29, 1.82) is 0 Å². The molecule has 0 fully saturated rings. The summed E-state index contributed by atoms with van der Waals surface area (Å²) in [7, 11) is 0. The van der Waals surface area contributed by atoms with Gasteiger partial charge in [-0.25, -0.2) is 14.6 Å². The molecule has 0 atom stereocenters. The quantitative estimate of drug-likeness (QED) is 0.335. The van der Waals surface area contributed by atoms with Crippen molar-refractivity contribution in [3.8, 4) is 28.3 Å². The van der Waals surface area contributed by atoms with Gasteiger partial charge in [-0.05, 0) is 41.3 Å². The summed E-state index contributed by atoms with van der Waals surface area (Å²) in [5, 5.41) is 8.51. The summed E-state index contributed by atoms with van der Waals surface area (Å²) in [5.74, 6) is 1.71. The van der Waals surface area contributed by atoms with Gasteiger partial charge in [0.1, 0.15) is 11.5 Å². The van der Waals surface area contributed by atoms with Crippen molar-refractivity contribution in [3.05, 3.63) is 102 Å². The van der Waals surface area contributed by atoms with Gasteiger partial charge in [-0.1, -0.05) is 55.5 Å². The van der Waals surface area contributed by atoms with E-state index in [4.69, 9.17) is 4.98 Å². The van der Waals surface area contributed by atoms with Crippen molar-refractivity contribution in [3.63, 3.8) is 0 Å². The Balaban J connectivity index is 1.24. The summed E-state index contributed by atoms with van der Waals surface area (Å²) in [5.41, 5.74) is 6.60. The van der Waals surface area contributed by atoms with Gasteiger partial charge in [0.15, 0.2) is 5.82 Å². The molecule has 0 saturated heterocycles. The molecule has 182 valence electrons. The summed E-state index contributed by atoms with van der Waals surface area (Å²) in [6, 6.07) is 20.0. The molecule has 6 rings (SSSR count). The Labute approximate surface area is 214 Å². The Morgan fingerprint density at radius 1 is 0.973 bits per heavy atom. The van der Waals surface area contributed by atoms with Crippen LogP contribution < -0.4 is 4.90 Å². The molecule has 0 N–H and O–H groups in total. The molecule has 0 unspecified atom stereocenters. The third-order valence-corrected chi connectivity index (χ3v) is 6.56. The first-order chi connectivity index (χ1) is 18.1. The lowest BCUT2D eigenvalue weighted by atomic mass is 9.97. The number of carbonyl (C=O) groups is 1. The zero-order valence-electron chi connectivity index (χ0n) is 20.6. The highest BCUT2D eigenvalue weighted by molar-refractivity contribution is 6.00. The van der Waals surface area contributed by atoms with Gasteiger partial charge in [-0.3, -0.25) is 14.7 Å². The fraction of sp³-hybridized carbons (Fsp3) is 0.172. The first kappa shape index (κ1) is 22.7. The molecular formula is C29H25N7O. The van der Waals surface area contributed by atoms with E-state index in [0.717, 1.165) is 33.6 Å². The Kier molecular flexibility index (Phi) is 5.76. The third-order valence-electron chi connectivity index (χ3n) is 6.56. The zero-order valence-corrected chi connectivity index (χ0v) is 20.6. The molecule has 0 radical (unpaired) electrons. The van der Waals surface area contributed by atoms with Gasteiger partial charge >= 0.3 is 0 Å². The number of anilines is 1. The van der Waals surface area contributed by atoms with Crippen molar-refractivity contribution in [2.75, 3.05) is 4.90 Å². The Hall–Kier alpha value is -4.72. The molecule has 0 saturated carbocycles. The minimum absolute atomic E-state index is 0.0278. The summed E-state index contributed by atoms with van der Waals surface area (Å²) < 4.78 is 1.73. The number of nitrogens with zero attached hydrogens (tertiary/aromatic N) is 7. The molecule has 3 aromatic heterocycles. The fourth-order valence-corrected chi connectivity index (χ4v) is 4.60. The number of hydrogen-bond donors (Lipinski definition) is 0. The van der Waals surface area contributed by atoms with Gasteiger partial charge < -0.3 is 0 Å². The van der Waals surface area contributed by atoms with Crippen LogP contribution >= 0.6 is 0 Å². The zero-order chi connectivity index (χ0) is 25.4. The van der Waals surface area contributed by atoms with E-state index in [2.05, 4.69) is 40.2 Å². The van der Waals surface area contributed by atoms with E-state index in [1.165, 1.54) is 5.56 Å². The second-order valence-corrected chi connectivity index (χ2v) is 9.40. The smallest absolute Gasteiger partial charge is 0.233 e. The van der Waals surface area contributed by atoms with Crippen LogP contribution in [0.5, 0.6) is 0 Å². The number of rotatable bonds is 6. The van der Waals surface area contributed by atoms with Crippen LogP contribution in [0.1, 0.15) is 36.5 Å². The molecule has 0 spiro atoms.